The molecule has 2 saturated carbocycles. The number of likely N-dealkylation sites (tertiary alicyclic amines) is 2. The summed E-state index contributed by atoms with van der Waals surface area (Å²) in [6.07, 6.45) is 19.0. The number of methoxy groups -OCH3 is 1. The lowest BCUT2D eigenvalue weighted by Crippen LogP contribution is -2.63. The molecule has 3 N–H and O–H groups in total. The Balaban J connectivity index is 0.811. The minimum Gasteiger partial charge on any atom is -0.464 e. The van der Waals surface area contributed by atoms with Crippen molar-refractivity contribution in [2.75, 3.05) is 104 Å². The van der Waals surface area contributed by atoms with Gasteiger partial charge in [0, 0.05) is 113 Å². The maximum atomic E-state index is 15.4. The first-order chi connectivity index (χ1) is 39.7. The van der Waals surface area contributed by atoms with Crippen molar-refractivity contribution in [3.05, 3.63) is 53.4 Å². The van der Waals surface area contributed by atoms with Crippen LogP contribution in [0.3, 0.4) is 0 Å². The van der Waals surface area contributed by atoms with Crippen LogP contribution in [0.25, 0.3) is 27.7 Å². The number of rotatable bonds is 12. The molecule has 2 aromatic heterocycles. The number of aliphatic hydroxyl groups excluding tert-OH is 1. The van der Waals surface area contributed by atoms with Gasteiger partial charge in [0.15, 0.2) is 0 Å². The number of benzene rings is 1. The Bertz CT molecular complexity index is 2900. The summed E-state index contributed by atoms with van der Waals surface area (Å²) in [7, 11) is 3.94. The van der Waals surface area contributed by atoms with E-state index in [9.17, 15) is 9.90 Å². The predicted octanol–water partition coefficient (Wildman–Crippen LogP) is 6.67. The Morgan fingerprint density at radius 2 is 1.72 bits per heavy atom. The predicted molar refractivity (Wildman–Crippen MR) is 320 cm³/mol. The molecule has 446 valence electrons. The summed E-state index contributed by atoms with van der Waals surface area (Å²) in [4.78, 5) is 65.1. The van der Waals surface area contributed by atoms with Crippen LogP contribution in [0.1, 0.15) is 141 Å². The fraction of sp³-hybridized carbons (Fsp3) is 0.723. The van der Waals surface area contributed by atoms with Gasteiger partial charge in [0.25, 0.3) is 5.91 Å². The largest absolute Gasteiger partial charge is 0.464 e. The van der Waals surface area contributed by atoms with Gasteiger partial charge in [0.05, 0.1) is 48.1 Å². The van der Waals surface area contributed by atoms with Crippen molar-refractivity contribution in [3.8, 4) is 11.3 Å². The van der Waals surface area contributed by atoms with Crippen molar-refractivity contribution in [3.63, 3.8) is 0 Å². The highest BCUT2D eigenvalue weighted by molar-refractivity contribution is 5.95. The van der Waals surface area contributed by atoms with Crippen LogP contribution >= 0.6 is 0 Å². The van der Waals surface area contributed by atoms with Crippen LogP contribution in [0.4, 0.5) is 5.69 Å². The highest BCUT2D eigenvalue weighted by atomic mass is 16.5. The van der Waals surface area contributed by atoms with E-state index in [0.29, 0.717) is 51.0 Å². The summed E-state index contributed by atoms with van der Waals surface area (Å²) in [5.74, 6) is 0.323. The smallest absolute Gasteiger partial charge is 0.324 e. The molecule has 10 heterocycles. The number of aromatic nitrogens is 2. The number of esters is 1. The number of hydrogen-bond acceptors (Lipinski definition) is 14. The third-order valence-electron chi connectivity index (χ3n) is 21.7. The van der Waals surface area contributed by atoms with E-state index < -0.39 is 23.7 Å². The number of aryl methyl sites for hydroxylation is 1. The monoisotopic (exact) mass is 1130 g/mol. The normalized spacial score (nSPS) is 32.6. The van der Waals surface area contributed by atoms with Gasteiger partial charge in [0.1, 0.15) is 18.3 Å². The van der Waals surface area contributed by atoms with Crippen LogP contribution < -0.4 is 15.6 Å². The lowest BCUT2D eigenvalue weighted by atomic mass is 9.84. The van der Waals surface area contributed by atoms with E-state index >= 15 is 9.59 Å². The number of piperidine rings is 1. The summed E-state index contributed by atoms with van der Waals surface area (Å²) >= 11 is 0. The lowest BCUT2D eigenvalue weighted by molar-refractivity contribution is -0.155. The second-order valence-electron chi connectivity index (χ2n) is 27.8. The van der Waals surface area contributed by atoms with Crippen LogP contribution in [-0.2, 0) is 36.8 Å². The molecule has 6 saturated heterocycles. The van der Waals surface area contributed by atoms with Crippen LogP contribution in [0.15, 0.2) is 36.5 Å². The summed E-state index contributed by atoms with van der Waals surface area (Å²) in [5, 5.41) is 17.9. The minimum atomic E-state index is -0.839. The van der Waals surface area contributed by atoms with Gasteiger partial charge < -0.3 is 29.4 Å². The topological polar surface area (TPSA) is 154 Å². The van der Waals surface area contributed by atoms with Crippen molar-refractivity contribution in [1.29, 1.82) is 0 Å². The Morgan fingerprint density at radius 3 is 2.51 bits per heavy atom. The van der Waals surface area contributed by atoms with E-state index in [2.05, 4.69) is 116 Å². The van der Waals surface area contributed by atoms with Crippen LogP contribution in [-0.4, -0.2) is 204 Å². The number of carbonyl (C=O) groups excluding carboxylic acids is 3. The zero-order valence-corrected chi connectivity index (χ0v) is 50.3. The average Bonchev–Trinajstić information content (AvgIpc) is 3.35. The number of nitrogens with one attached hydrogen (secondary N) is 2. The first-order valence-electron chi connectivity index (χ1n) is 32.2. The molecule has 2 aliphatic carbocycles. The number of pyridine rings is 1. The third-order valence-corrected chi connectivity index (χ3v) is 21.7. The number of hydrazine groups is 1. The SMILES string of the molecule is CCn1c(-c2cc(N3CCN4CCCC[C@@H]4C3)cnc2[C@H](C)OC)c2c3cc(ccc31)C1=CCCN(C1)C[C@H](NC(=O)[C@H](C1CCCC1)N1CC[C@]3(CCN(C(O)[C@H]4[C@@H](C5CC5)N4C)C3)C1)C(=O)N1CCC[C@H](N1)C(=O)OCC(C)(C)C2. The summed E-state index contributed by atoms with van der Waals surface area (Å²) in [6.45, 7) is 19.4. The van der Waals surface area contributed by atoms with Crippen LogP contribution in [0, 0.1) is 22.7 Å². The Labute approximate surface area is 487 Å². The van der Waals surface area contributed by atoms with Gasteiger partial charge in [-0.05, 0) is 163 Å². The van der Waals surface area contributed by atoms with Gasteiger partial charge in [-0.25, -0.2) is 5.43 Å². The average molecular weight is 1130 g/mol. The highest BCUT2D eigenvalue weighted by Gasteiger charge is 2.59. The molecular formula is C65H95N11O6. The second-order valence-corrected chi connectivity index (χ2v) is 27.8. The van der Waals surface area contributed by atoms with Crippen molar-refractivity contribution in [1.82, 2.24) is 49.8 Å². The van der Waals surface area contributed by atoms with E-state index in [1.165, 1.54) is 55.2 Å². The fourth-order valence-corrected chi connectivity index (χ4v) is 16.9. The number of likely N-dealkylation sites (N-methyl/N-ethyl adjacent to an activating group) is 1. The molecule has 2 amide bonds. The standard InChI is InChI=1S/C65H95N11O6/c1-7-75-54-22-21-45-32-49(54)51(58(75)50-33-48(35-66-55(50)42(2)81-6)72-31-30-71-26-11-10-17-47(71)37-72)34-64(3,4)41-82-63(80)52-18-13-27-76(68-52)61(78)53(38-70-25-12-16-46(45)36-70)67-60(77)57(43-14-8-9-15-43)73-28-23-65(39-73)24-29-74(40-65)62(79)59-56(69(59)5)44-19-20-44/h16,21-22,32-33,35,42-44,47,52-53,56-57,59,62,68,79H,7-15,17-20,23-31,34,36-41H2,1-6H3,(H,67,77)/t42-,47+,52-,53-,56+,57-,59+,62?,65-,69?/m0/s1. The molecule has 8 aliphatic heterocycles. The second kappa shape index (κ2) is 23.1. The van der Waals surface area contributed by atoms with Gasteiger partial charge >= 0.3 is 5.97 Å². The number of ether oxygens (including phenoxy) is 2. The van der Waals surface area contributed by atoms with Crippen molar-refractivity contribution >= 4 is 39.9 Å². The molecule has 10 aliphatic rings. The molecule has 3 aromatic rings. The third kappa shape index (κ3) is 11.1. The molecule has 11 atom stereocenters. The van der Waals surface area contributed by atoms with Crippen LogP contribution in [0.5, 0.6) is 0 Å². The Kier molecular flexibility index (Phi) is 16.0. The highest BCUT2D eigenvalue weighted by Crippen LogP contribution is 2.50. The zero-order chi connectivity index (χ0) is 56.6. The van der Waals surface area contributed by atoms with Crippen molar-refractivity contribution in [2.24, 2.45) is 22.7 Å². The van der Waals surface area contributed by atoms with E-state index in [1.54, 1.807) is 12.1 Å². The fourth-order valence-electron chi connectivity index (χ4n) is 16.9. The zero-order valence-electron chi connectivity index (χ0n) is 50.3. The van der Waals surface area contributed by atoms with Crippen molar-refractivity contribution < 1.29 is 29.0 Å². The number of aliphatic hydroxyl groups is 1. The van der Waals surface area contributed by atoms with Crippen molar-refractivity contribution in [2.45, 2.75) is 179 Å². The van der Waals surface area contributed by atoms with Gasteiger partial charge in [-0.3, -0.25) is 48.9 Å². The molecule has 1 aromatic carbocycles. The number of fused-ring (bicyclic) bond motifs is 7. The Hall–Kier alpha value is -4.46. The first-order valence-corrected chi connectivity index (χ1v) is 32.2. The molecule has 13 rings (SSSR count). The molecule has 1 spiro atoms. The summed E-state index contributed by atoms with van der Waals surface area (Å²) in [6, 6.07) is 8.76. The number of hydrogen-bond donors (Lipinski definition) is 3. The van der Waals surface area contributed by atoms with E-state index in [1.807, 2.05) is 0 Å². The molecule has 3 unspecified atom stereocenters. The molecule has 6 bridgehead atoms. The minimum absolute atomic E-state index is 0.0340. The molecule has 17 nitrogen and oxygen atoms in total. The van der Waals surface area contributed by atoms with Crippen LogP contribution in [0.2, 0.25) is 0 Å². The molecule has 17 heteroatoms. The maximum Gasteiger partial charge on any atom is 0.324 e. The molecular weight excluding hydrogens is 1030 g/mol. The van der Waals surface area contributed by atoms with E-state index in [-0.39, 0.29) is 53.9 Å². The van der Waals surface area contributed by atoms with Gasteiger partial charge in [-0.2, -0.15) is 0 Å². The Morgan fingerprint density at radius 1 is 0.927 bits per heavy atom. The van der Waals surface area contributed by atoms with Gasteiger partial charge in [0.2, 0.25) is 5.91 Å². The number of carbonyl (C=O) groups is 3. The van der Waals surface area contributed by atoms with Gasteiger partial charge in [-0.1, -0.05) is 45.3 Å². The quantitative estimate of drug-likeness (QED) is 0.131. The first kappa shape index (κ1) is 56.7. The summed E-state index contributed by atoms with van der Waals surface area (Å²) < 4.78 is 14.9. The lowest BCUT2D eigenvalue weighted by Gasteiger charge is -2.45. The van der Waals surface area contributed by atoms with E-state index in [4.69, 9.17) is 14.5 Å². The number of piperazine rings is 1. The molecule has 82 heavy (non-hydrogen) atoms. The molecule has 0 radical (unpaired) electrons. The number of nitrogens with zero attached hydrogens (tertiary/aromatic N) is 9. The number of cyclic esters (lactones) is 1. The maximum absolute atomic E-state index is 15.4. The molecule has 8 fully saturated rings. The van der Waals surface area contributed by atoms with E-state index in [0.717, 1.165) is 143 Å². The van der Waals surface area contributed by atoms with Gasteiger partial charge in [-0.15, -0.1) is 0 Å². The number of amides is 2. The number of anilines is 1. The summed E-state index contributed by atoms with van der Waals surface area (Å²) in [5.41, 5.74) is 11.9.